The summed E-state index contributed by atoms with van der Waals surface area (Å²) in [6.07, 6.45) is 1.16. The number of para-hydroxylation sites is 1. The van der Waals surface area contributed by atoms with Gasteiger partial charge in [0, 0.05) is 6.42 Å². The third kappa shape index (κ3) is 2.17. The summed E-state index contributed by atoms with van der Waals surface area (Å²) in [7, 11) is 0. The summed E-state index contributed by atoms with van der Waals surface area (Å²) in [5.74, 6) is 0.356. The highest BCUT2D eigenvalue weighted by Gasteiger charge is 2.40. The molecule has 2 unspecified atom stereocenters. The van der Waals surface area contributed by atoms with Gasteiger partial charge in [-0.15, -0.1) is 0 Å². The number of benzene rings is 2. The summed E-state index contributed by atoms with van der Waals surface area (Å²) in [5.41, 5.74) is 2.17. The Balaban J connectivity index is 1.69. The number of aromatic hydroxyl groups is 1. The fraction of sp³-hybridized carbons (Fsp3) is 0.200. The predicted octanol–water partition coefficient (Wildman–Crippen LogP) is 3.07. The molecule has 0 aromatic heterocycles. The number of rotatable bonds is 3. The topological polar surface area (TPSA) is 32.8 Å². The third-order valence-electron chi connectivity index (χ3n) is 3.12. The zero-order valence-electron chi connectivity index (χ0n) is 9.41. The summed E-state index contributed by atoms with van der Waals surface area (Å²) < 4.78 is 5.65. The van der Waals surface area contributed by atoms with Gasteiger partial charge in [0.25, 0.3) is 0 Å². The Morgan fingerprint density at radius 3 is 2.41 bits per heavy atom. The molecule has 2 nitrogen and oxygen atoms in total. The first kappa shape index (κ1) is 10.4. The van der Waals surface area contributed by atoms with Crippen LogP contribution in [0.15, 0.2) is 54.6 Å². The summed E-state index contributed by atoms with van der Waals surface area (Å²) in [4.78, 5) is 0. The molecule has 1 aliphatic rings. The highest BCUT2D eigenvalue weighted by Crippen LogP contribution is 2.41. The molecule has 1 N–H and O–H groups in total. The summed E-state index contributed by atoms with van der Waals surface area (Å²) in [6.45, 7) is 0. The zero-order chi connectivity index (χ0) is 11.7. The van der Waals surface area contributed by atoms with E-state index < -0.39 is 0 Å². The molecule has 1 saturated heterocycles. The minimum atomic E-state index is 0.191. The van der Waals surface area contributed by atoms with Gasteiger partial charge in [0.05, 0.1) is 6.10 Å². The largest absolute Gasteiger partial charge is 0.508 e. The molecule has 0 spiro atoms. The maximum absolute atomic E-state index is 9.69. The van der Waals surface area contributed by atoms with E-state index in [1.807, 2.05) is 36.4 Å². The fourth-order valence-electron chi connectivity index (χ4n) is 2.13. The monoisotopic (exact) mass is 226 g/mol. The van der Waals surface area contributed by atoms with Crippen molar-refractivity contribution in [3.8, 4) is 5.75 Å². The SMILES string of the molecule is Oc1ccccc1CC1OC1c1ccccc1. The van der Waals surface area contributed by atoms with Crippen molar-refractivity contribution in [2.45, 2.75) is 18.6 Å². The molecular formula is C15H14O2. The summed E-state index contributed by atoms with van der Waals surface area (Å²) in [5, 5.41) is 9.69. The third-order valence-corrected chi connectivity index (χ3v) is 3.12. The quantitative estimate of drug-likeness (QED) is 0.816. The number of hydrogen-bond donors (Lipinski definition) is 1. The van der Waals surface area contributed by atoms with Crippen LogP contribution in [0.25, 0.3) is 0 Å². The second-order valence-electron chi connectivity index (χ2n) is 4.34. The van der Waals surface area contributed by atoms with Crippen LogP contribution in [-0.4, -0.2) is 11.2 Å². The first-order valence-electron chi connectivity index (χ1n) is 5.82. The lowest BCUT2D eigenvalue weighted by Gasteiger charge is -2.01. The van der Waals surface area contributed by atoms with Crippen molar-refractivity contribution in [1.82, 2.24) is 0 Å². The van der Waals surface area contributed by atoms with Gasteiger partial charge in [-0.1, -0.05) is 48.5 Å². The maximum Gasteiger partial charge on any atom is 0.118 e. The molecule has 2 heteroatoms. The van der Waals surface area contributed by atoms with Crippen molar-refractivity contribution in [2.75, 3.05) is 0 Å². The van der Waals surface area contributed by atoms with Gasteiger partial charge in [0.15, 0.2) is 0 Å². The maximum atomic E-state index is 9.69. The van der Waals surface area contributed by atoms with Crippen LogP contribution in [0.4, 0.5) is 0 Å². The standard InChI is InChI=1S/C15H14O2/c16-13-9-5-4-8-12(13)10-14-15(17-14)11-6-2-1-3-7-11/h1-9,14-16H,10H2. The van der Waals surface area contributed by atoms with Crippen LogP contribution in [0.1, 0.15) is 17.2 Å². The van der Waals surface area contributed by atoms with Crippen LogP contribution in [0.2, 0.25) is 0 Å². The fourth-order valence-corrected chi connectivity index (χ4v) is 2.13. The molecule has 0 radical (unpaired) electrons. The van der Waals surface area contributed by atoms with Gasteiger partial charge in [-0.2, -0.15) is 0 Å². The second-order valence-corrected chi connectivity index (χ2v) is 4.34. The Morgan fingerprint density at radius 2 is 1.65 bits per heavy atom. The molecule has 0 aliphatic carbocycles. The Hall–Kier alpha value is -1.80. The molecular weight excluding hydrogens is 212 g/mol. The first-order chi connectivity index (χ1) is 8.34. The van der Waals surface area contributed by atoms with Gasteiger partial charge >= 0.3 is 0 Å². The van der Waals surface area contributed by atoms with Gasteiger partial charge in [-0.05, 0) is 17.2 Å². The lowest BCUT2D eigenvalue weighted by Crippen LogP contribution is -1.95. The van der Waals surface area contributed by atoms with Crippen LogP contribution in [0.5, 0.6) is 5.75 Å². The number of epoxide rings is 1. The van der Waals surface area contributed by atoms with Crippen molar-refractivity contribution in [1.29, 1.82) is 0 Å². The van der Waals surface area contributed by atoms with Crippen molar-refractivity contribution >= 4 is 0 Å². The molecule has 1 fully saturated rings. The molecule has 0 saturated carbocycles. The number of phenolic OH excluding ortho intramolecular Hbond substituents is 1. The van der Waals surface area contributed by atoms with E-state index in [1.165, 1.54) is 5.56 Å². The van der Waals surface area contributed by atoms with E-state index in [0.717, 1.165) is 12.0 Å². The summed E-state index contributed by atoms with van der Waals surface area (Å²) >= 11 is 0. The molecule has 0 bridgehead atoms. The van der Waals surface area contributed by atoms with Crippen LogP contribution < -0.4 is 0 Å². The van der Waals surface area contributed by atoms with Gasteiger partial charge in [-0.25, -0.2) is 0 Å². The molecule has 17 heavy (non-hydrogen) atoms. The van der Waals surface area contributed by atoms with Gasteiger partial charge in [0.1, 0.15) is 11.9 Å². The van der Waals surface area contributed by atoms with E-state index in [1.54, 1.807) is 6.07 Å². The zero-order valence-corrected chi connectivity index (χ0v) is 9.41. The van der Waals surface area contributed by atoms with Crippen molar-refractivity contribution in [2.24, 2.45) is 0 Å². The van der Waals surface area contributed by atoms with E-state index >= 15 is 0 Å². The lowest BCUT2D eigenvalue weighted by atomic mass is 10.0. The van der Waals surface area contributed by atoms with Gasteiger partial charge < -0.3 is 9.84 Å². The number of ether oxygens (including phenoxy) is 1. The average molecular weight is 226 g/mol. The first-order valence-corrected chi connectivity index (χ1v) is 5.82. The van der Waals surface area contributed by atoms with E-state index in [2.05, 4.69) is 12.1 Å². The van der Waals surface area contributed by atoms with Gasteiger partial charge in [-0.3, -0.25) is 0 Å². The smallest absolute Gasteiger partial charge is 0.118 e. The van der Waals surface area contributed by atoms with E-state index in [4.69, 9.17) is 4.74 Å². The van der Waals surface area contributed by atoms with Crippen LogP contribution >= 0.6 is 0 Å². The Bertz CT molecular complexity index is 507. The van der Waals surface area contributed by atoms with E-state index in [0.29, 0.717) is 5.75 Å². The van der Waals surface area contributed by atoms with Crippen LogP contribution in [-0.2, 0) is 11.2 Å². The molecule has 2 aromatic carbocycles. The highest BCUT2D eigenvalue weighted by molar-refractivity contribution is 5.34. The van der Waals surface area contributed by atoms with Crippen molar-refractivity contribution in [3.05, 3.63) is 65.7 Å². The summed E-state index contributed by atoms with van der Waals surface area (Å²) in [6, 6.07) is 17.6. The Kier molecular flexibility index (Phi) is 2.57. The van der Waals surface area contributed by atoms with Crippen molar-refractivity contribution < 1.29 is 9.84 Å². The lowest BCUT2D eigenvalue weighted by molar-refractivity contribution is 0.370. The Labute approximate surface area is 100 Å². The van der Waals surface area contributed by atoms with E-state index in [9.17, 15) is 5.11 Å². The van der Waals surface area contributed by atoms with Crippen LogP contribution in [0.3, 0.4) is 0 Å². The van der Waals surface area contributed by atoms with Crippen LogP contribution in [0, 0.1) is 0 Å². The minimum Gasteiger partial charge on any atom is -0.508 e. The molecule has 1 heterocycles. The van der Waals surface area contributed by atoms with Crippen molar-refractivity contribution in [3.63, 3.8) is 0 Å². The normalized spacial score (nSPS) is 22.4. The highest BCUT2D eigenvalue weighted by atomic mass is 16.6. The number of phenols is 1. The molecule has 3 rings (SSSR count). The molecule has 0 amide bonds. The Morgan fingerprint density at radius 1 is 0.941 bits per heavy atom. The molecule has 1 aliphatic heterocycles. The minimum absolute atomic E-state index is 0.191. The van der Waals surface area contributed by atoms with E-state index in [-0.39, 0.29) is 12.2 Å². The molecule has 86 valence electrons. The predicted molar refractivity (Wildman–Crippen MR) is 65.9 cm³/mol. The molecule has 2 aromatic rings. The second kappa shape index (κ2) is 4.22. The average Bonchev–Trinajstić information content (AvgIpc) is 3.13. The molecule has 2 atom stereocenters. The number of hydrogen-bond acceptors (Lipinski definition) is 2. The van der Waals surface area contributed by atoms with Gasteiger partial charge in [0.2, 0.25) is 0 Å².